The summed E-state index contributed by atoms with van der Waals surface area (Å²) in [5, 5.41) is 3.94. The summed E-state index contributed by atoms with van der Waals surface area (Å²) in [5.41, 5.74) is 5.42. The average molecular weight is 237 g/mol. The molecule has 0 aromatic carbocycles. The van der Waals surface area contributed by atoms with Gasteiger partial charge in [0.15, 0.2) is 5.82 Å². The van der Waals surface area contributed by atoms with Gasteiger partial charge in [0.2, 0.25) is 5.89 Å². The van der Waals surface area contributed by atoms with Crippen molar-refractivity contribution in [2.75, 3.05) is 0 Å². The van der Waals surface area contributed by atoms with Gasteiger partial charge in [-0.2, -0.15) is 4.98 Å². The zero-order valence-electron chi connectivity index (χ0n) is 10.9. The second kappa shape index (κ2) is 5.17. The number of aromatic nitrogens is 2. The Morgan fingerprint density at radius 3 is 2.59 bits per heavy atom. The van der Waals surface area contributed by atoms with Crippen LogP contribution in [0.2, 0.25) is 0 Å². The summed E-state index contributed by atoms with van der Waals surface area (Å²) in [6.07, 6.45) is 8.97. The van der Waals surface area contributed by atoms with E-state index in [2.05, 4.69) is 10.1 Å². The lowest BCUT2D eigenvalue weighted by atomic mass is 9.86. The summed E-state index contributed by atoms with van der Waals surface area (Å²) in [4.78, 5) is 4.36. The maximum Gasteiger partial charge on any atom is 0.226 e. The van der Waals surface area contributed by atoms with Crippen LogP contribution in [0.5, 0.6) is 0 Å². The molecule has 0 saturated heterocycles. The Labute approximate surface area is 103 Å². The molecule has 1 aromatic heterocycles. The molecule has 1 fully saturated rings. The second-order valence-electron chi connectivity index (χ2n) is 5.78. The van der Waals surface area contributed by atoms with Crippen molar-refractivity contribution >= 4 is 0 Å². The van der Waals surface area contributed by atoms with Gasteiger partial charge in [-0.3, -0.25) is 0 Å². The van der Waals surface area contributed by atoms with Crippen molar-refractivity contribution in [2.45, 2.75) is 64.3 Å². The predicted octanol–water partition coefficient (Wildman–Crippen LogP) is 2.78. The monoisotopic (exact) mass is 237 g/mol. The molecular weight excluding hydrogens is 214 g/mol. The minimum atomic E-state index is -0.507. The van der Waals surface area contributed by atoms with E-state index in [1.54, 1.807) is 0 Å². The van der Waals surface area contributed by atoms with Gasteiger partial charge in [-0.05, 0) is 26.2 Å². The van der Waals surface area contributed by atoms with E-state index in [1.165, 1.54) is 38.5 Å². The molecule has 4 heteroatoms. The summed E-state index contributed by atoms with van der Waals surface area (Å²) in [6.45, 7) is 3.78. The van der Waals surface area contributed by atoms with Gasteiger partial charge in [-0.15, -0.1) is 0 Å². The zero-order chi connectivity index (χ0) is 12.3. The number of nitrogens with two attached hydrogens (primary N) is 1. The van der Waals surface area contributed by atoms with Crippen LogP contribution in [-0.4, -0.2) is 10.1 Å². The molecule has 0 spiro atoms. The fourth-order valence-corrected chi connectivity index (χ4v) is 2.42. The van der Waals surface area contributed by atoms with Crippen molar-refractivity contribution in [1.29, 1.82) is 0 Å². The fourth-order valence-electron chi connectivity index (χ4n) is 2.42. The van der Waals surface area contributed by atoms with Crippen molar-refractivity contribution in [3.05, 3.63) is 11.7 Å². The van der Waals surface area contributed by atoms with Crippen LogP contribution < -0.4 is 5.73 Å². The highest BCUT2D eigenvalue weighted by atomic mass is 16.5. The van der Waals surface area contributed by atoms with Gasteiger partial charge >= 0.3 is 0 Å². The maximum absolute atomic E-state index is 5.92. The summed E-state index contributed by atoms with van der Waals surface area (Å²) < 4.78 is 5.24. The summed E-state index contributed by atoms with van der Waals surface area (Å²) in [7, 11) is 0. The number of aryl methyl sites for hydroxylation is 1. The first-order valence-corrected chi connectivity index (χ1v) is 6.67. The van der Waals surface area contributed by atoms with Crippen LogP contribution in [0.25, 0.3) is 0 Å². The molecule has 1 saturated carbocycles. The molecule has 2 N–H and O–H groups in total. The van der Waals surface area contributed by atoms with E-state index in [4.69, 9.17) is 10.3 Å². The minimum absolute atomic E-state index is 0.507. The molecule has 0 unspecified atom stereocenters. The molecule has 1 aliphatic carbocycles. The maximum atomic E-state index is 5.92. The standard InChI is InChI=1S/C13H23N3O/c1-13(2,14)12-15-11(17-16-12)9-8-10-6-4-3-5-7-10/h10H,3-9,14H2,1-2H3. The van der Waals surface area contributed by atoms with Crippen molar-refractivity contribution < 1.29 is 4.52 Å². The Balaban J connectivity index is 1.84. The first kappa shape index (κ1) is 12.6. The second-order valence-corrected chi connectivity index (χ2v) is 5.78. The molecule has 0 aliphatic heterocycles. The predicted molar refractivity (Wildman–Crippen MR) is 66.4 cm³/mol. The fraction of sp³-hybridized carbons (Fsp3) is 0.846. The van der Waals surface area contributed by atoms with E-state index in [0.29, 0.717) is 5.82 Å². The molecule has 1 aromatic rings. The van der Waals surface area contributed by atoms with Crippen molar-refractivity contribution in [1.82, 2.24) is 10.1 Å². The molecule has 96 valence electrons. The molecule has 0 atom stereocenters. The lowest BCUT2D eigenvalue weighted by Crippen LogP contribution is -2.30. The summed E-state index contributed by atoms with van der Waals surface area (Å²) in [6, 6.07) is 0. The van der Waals surface area contributed by atoms with Crippen LogP contribution in [-0.2, 0) is 12.0 Å². The van der Waals surface area contributed by atoms with E-state index in [9.17, 15) is 0 Å². The van der Waals surface area contributed by atoms with Crippen LogP contribution in [0.3, 0.4) is 0 Å². The quantitative estimate of drug-likeness (QED) is 0.874. The first-order valence-electron chi connectivity index (χ1n) is 6.67. The third-order valence-electron chi connectivity index (χ3n) is 3.54. The van der Waals surface area contributed by atoms with E-state index in [-0.39, 0.29) is 0 Å². The Morgan fingerprint density at radius 1 is 1.29 bits per heavy atom. The SMILES string of the molecule is CC(C)(N)c1noc(CCC2CCCCC2)n1. The van der Waals surface area contributed by atoms with Crippen molar-refractivity contribution in [2.24, 2.45) is 11.7 Å². The van der Waals surface area contributed by atoms with Crippen molar-refractivity contribution in [3.63, 3.8) is 0 Å². The number of hydrogen-bond acceptors (Lipinski definition) is 4. The van der Waals surface area contributed by atoms with Gasteiger partial charge in [0, 0.05) is 6.42 Å². The van der Waals surface area contributed by atoms with E-state index in [1.807, 2.05) is 13.8 Å². The minimum Gasteiger partial charge on any atom is -0.339 e. The third-order valence-corrected chi connectivity index (χ3v) is 3.54. The molecule has 0 bridgehead atoms. The first-order chi connectivity index (χ1) is 8.05. The van der Waals surface area contributed by atoms with E-state index < -0.39 is 5.54 Å². The van der Waals surface area contributed by atoms with E-state index >= 15 is 0 Å². The molecule has 0 amide bonds. The number of nitrogens with zero attached hydrogens (tertiary/aromatic N) is 2. The normalized spacial score (nSPS) is 18.5. The average Bonchev–Trinajstić information content (AvgIpc) is 2.76. The smallest absolute Gasteiger partial charge is 0.226 e. The Morgan fingerprint density at radius 2 is 2.00 bits per heavy atom. The van der Waals surface area contributed by atoms with Crippen LogP contribution in [0.4, 0.5) is 0 Å². The van der Waals surface area contributed by atoms with Gasteiger partial charge in [0.25, 0.3) is 0 Å². The Kier molecular flexibility index (Phi) is 3.82. The zero-order valence-corrected chi connectivity index (χ0v) is 10.9. The van der Waals surface area contributed by atoms with Gasteiger partial charge in [0.05, 0.1) is 5.54 Å². The highest BCUT2D eigenvalue weighted by Crippen LogP contribution is 2.27. The van der Waals surface area contributed by atoms with Crippen LogP contribution in [0.15, 0.2) is 4.52 Å². The lowest BCUT2D eigenvalue weighted by Gasteiger charge is -2.20. The van der Waals surface area contributed by atoms with Gasteiger partial charge in [-0.1, -0.05) is 37.3 Å². The summed E-state index contributed by atoms with van der Waals surface area (Å²) >= 11 is 0. The van der Waals surface area contributed by atoms with Gasteiger partial charge in [0.1, 0.15) is 0 Å². The topological polar surface area (TPSA) is 64.9 Å². The van der Waals surface area contributed by atoms with Crippen molar-refractivity contribution in [3.8, 4) is 0 Å². The number of rotatable bonds is 4. The molecule has 1 aliphatic rings. The van der Waals surface area contributed by atoms with Gasteiger partial charge in [-0.25, -0.2) is 0 Å². The molecule has 4 nitrogen and oxygen atoms in total. The van der Waals surface area contributed by atoms with Crippen LogP contribution in [0.1, 0.15) is 64.1 Å². The highest BCUT2D eigenvalue weighted by molar-refractivity contribution is 4.99. The summed E-state index contributed by atoms with van der Waals surface area (Å²) in [5.74, 6) is 2.20. The molecular formula is C13H23N3O. The molecule has 0 radical (unpaired) electrons. The third kappa shape index (κ3) is 3.53. The lowest BCUT2D eigenvalue weighted by molar-refractivity contribution is 0.312. The molecule has 2 rings (SSSR count). The molecule has 17 heavy (non-hydrogen) atoms. The van der Waals surface area contributed by atoms with Crippen LogP contribution >= 0.6 is 0 Å². The van der Waals surface area contributed by atoms with Crippen LogP contribution in [0, 0.1) is 5.92 Å². The Bertz CT molecular complexity index is 348. The largest absolute Gasteiger partial charge is 0.339 e. The molecule has 1 heterocycles. The van der Waals surface area contributed by atoms with E-state index in [0.717, 1.165) is 18.2 Å². The van der Waals surface area contributed by atoms with Gasteiger partial charge < -0.3 is 10.3 Å². The highest BCUT2D eigenvalue weighted by Gasteiger charge is 2.22. The number of hydrogen-bond donors (Lipinski definition) is 1. The Hall–Kier alpha value is -0.900.